The van der Waals surface area contributed by atoms with Gasteiger partial charge in [-0.1, -0.05) is 18.2 Å². The maximum Gasteiger partial charge on any atom is 0.318 e. The fourth-order valence-corrected chi connectivity index (χ4v) is 3.26. The second-order valence-corrected chi connectivity index (χ2v) is 7.20. The van der Waals surface area contributed by atoms with Gasteiger partial charge in [0.2, 0.25) is 5.75 Å². The van der Waals surface area contributed by atoms with Crippen molar-refractivity contribution in [2.24, 2.45) is 4.99 Å². The molecule has 31 heavy (non-hydrogen) atoms. The number of aliphatic imine (C=N–C) groups is 1. The van der Waals surface area contributed by atoms with Crippen molar-refractivity contribution in [2.45, 2.75) is 6.92 Å². The molecule has 0 atom stereocenters. The van der Waals surface area contributed by atoms with Gasteiger partial charge >= 0.3 is 5.69 Å². The van der Waals surface area contributed by atoms with Crippen LogP contribution in [0.15, 0.2) is 64.1 Å². The Labute approximate surface area is 185 Å². The van der Waals surface area contributed by atoms with Crippen molar-refractivity contribution in [1.29, 1.82) is 0 Å². The number of non-ortho nitro benzene ring substituents is 1. The van der Waals surface area contributed by atoms with Crippen molar-refractivity contribution < 1.29 is 19.3 Å². The Balaban J connectivity index is 1.97. The number of para-hydroxylation sites is 1. The third-order valence-electron chi connectivity index (χ3n) is 4.28. The first-order chi connectivity index (χ1) is 14.8. The number of benzene rings is 3. The van der Waals surface area contributed by atoms with Crippen LogP contribution in [0.1, 0.15) is 11.1 Å². The van der Waals surface area contributed by atoms with Crippen molar-refractivity contribution in [1.82, 2.24) is 0 Å². The lowest BCUT2D eigenvalue weighted by atomic mass is 10.2. The highest BCUT2D eigenvalue weighted by Crippen LogP contribution is 2.42. The molecule has 0 aliphatic carbocycles. The molecule has 158 valence electrons. The molecule has 9 nitrogen and oxygen atoms in total. The maximum atomic E-state index is 11.4. The van der Waals surface area contributed by atoms with Gasteiger partial charge in [-0.25, -0.2) is 0 Å². The zero-order valence-electron chi connectivity index (χ0n) is 16.4. The number of methoxy groups -OCH3 is 1. The quantitative estimate of drug-likeness (QED) is 0.225. The monoisotopic (exact) mass is 485 g/mol. The van der Waals surface area contributed by atoms with Gasteiger partial charge in [0, 0.05) is 12.3 Å². The Bertz CT molecular complexity index is 1200. The molecule has 0 amide bonds. The van der Waals surface area contributed by atoms with Crippen LogP contribution in [0, 0.1) is 27.2 Å². The van der Waals surface area contributed by atoms with E-state index in [1.54, 1.807) is 18.3 Å². The summed E-state index contributed by atoms with van der Waals surface area (Å²) < 4.78 is 11.6. The van der Waals surface area contributed by atoms with Gasteiger partial charge < -0.3 is 9.47 Å². The van der Waals surface area contributed by atoms with Gasteiger partial charge in [-0.3, -0.25) is 25.2 Å². The van der Waals surface area contributed by atoms with Gasteiger partial charge in [0.1, 0.15) is 0 Å². The van der Waals surface area contributed by atoms with Crippen molar-refractivity contribution in [2.75, 3.05) is 7.11 Å². The molecule has 10 heteroatoms. The van der Waals surface area contributed by atoms with Gasteiger partial charge in [-0.2, -0.15) is 0 Å². The number of rotatable bonds is 7. The zero-order chi connectivity index (χ0) is 22.5. The van der Waals surface area contributed by atoms with Crippen LogP contribution < -0.4 is 9.47 Å². The Kier molecular flexibility index (Phi) is 6.61. The minimum absolute atomic E-state index is 0.157. The van der Waals surface area contributed by atoms with E-state index in [-0.39, 0.29) is 11.5 Å². The summed E-state index contributed by atoms with van der Waals surface area (Å²) in [6, 6.07) is 14.2. The minimum atomic E-state index is -0.744. The SMILES string of the molecule is COc1cc(C=Nc2ccccc2C)cc(Br)c1Oc1ccc([N+](=O)[O-])cc1[N+](=O)[O-]. The van der Waals surface area contributed by atoms with E-state index in [1.807, 2.05) is 31.2 Å². The molecule has 0 spiro atoms. The van der Waals surface area contributed by atoms with Gasteiger partial charge in [-0.15, -0.1) is 0 Å². The van der Waals surface area contributed by atoms with E-state index >= 15 is 0 Å². The molecule has 3 aromatic rings. The van der Waals surface area contributed by atoms with Gasteiger partial charge in [-0.05, 0) is 58.2 Å². The van der Waals surface area contributed by atoms with Crippen LogP contribution >= 0.6 is 15.9 Å². The molecule has 3 rings (SSSR count). The van der Waals surface area contributed by atoms with E-state index in [0.717, 1.165) is 23.4 Å². The summed E-state index contributed by atoms with van der Waals surface area (Å²) in [4.78, 5) is 25.3. The zero-order valence-corrected chi connectivity index (χ0v) is 18.0. The lowest BCUT2D eigenvalue weighted by molar-refractivity contribution is -0.394. The average molecular weight is 486 g/mol. The normalized spacial score (nSPS) is 10.8. The van der Waals surface area contributed by atoms with Crippen LogP contribution in [0.3, 0.4) is 0 Å². The third kappa shape index (κ3) is 5.04. The molecule has 3 aromatic carbocycles. The summed E-state index contributed by atoms with van der Waals surface area (Å²) in [7, 11) is 1.43. The number of nitro groups is 2. The van der Waals surface area contributed by atoms with Crippen LogP contribution in [-0.4, -0.2) is 23.2 Å². The summed E-state index contributed by atoms with van der Waals surface area (Å²) in [5, 5.41) is 22.3. The Morgan fingerprint density at radius 3 is 2.39 bits per heavy atom. The van der Waals surface area contributed by atoms with Crippen LogP contribution in [0.4, 0.5) is 17.1 Å². The fraction of sp³-hybridized carbons (Fsp3) is 0.0952. The number of nitrogens with zero attached hydrogens (tertiary/aromatic N) is 3. The first-order valence-corrected chi connectivity index (χ1v) is 9.67. The van der Waals surface area contributed by atoms with Crippen LogP contribution in [0.5, 0.6) is 17.2 Å². The third-order valence-corrected chi connectivity index (χ3v) is 4.87. The van der Waals surface area contributed by atoms with Gasteiger partial charge in [0.25, 0.3) is 5.69 Å². The molecular weight excluding hydrogens is 470 g/mol. The highest BCUT2D eigenvalue weighted by molar-refractivity contribution is 9.10. The van der Waals surface area contributed by atoms with E-state index in [2.05, 4.69) is 20.9 Å². The molecule has 0 saturated carbocycles. The van der Waals surface area contributed by atoms with Crippen molar-refractivity contribution in [3.05, 3.63) is 90.4 Å². The molecule has 0 N–H and O–H groups in total. The predicted molar refractivity (Wildman–Crippen MR) is 119 cm³/mol. The molecule has 0 saturated heterocycles. The number of hydrogen-bond donors (Lipinski definition) is 0. The highest BCUT2D eigenvalue weighted by atomic mass is 79.9. The Morgan fingerprint density at radius 1 is 1.00 bits per heavy atom. The lowest BCUT2D eigenvalue weighted by Crippen LogP contribution is -1.98. The summed E-state index contributed by atoms with van der Waals surface area (Å²) in [6.07, 6.45) is 1.66. The van der Waals surface area contributed by atoms with Crippen molar-refractivity contribution >= 4 is 39.2 Å². The Hall–Kier alpha value is -3.79. The first-order valence-electron chi connectivity index (χ1n) is 8.88. The second kappa shape index (κ2) is 9.35. The van der Waals surface area contributed by atoms with E-state index in [1.165, 1.54) is 13.2 Å². The number of halogens is 1. The molecule has 0 unspecified atom stereocenters. The van der Waals surface area contributed by atoms with Crippen LogP contribution in [0.25, 0.3) is 0 Å². The highest BCUT2D eigenvalue weighted by Gasteiger charge is 2.23. The van der Waals surface area contributed by atoms with Gasteiger partial charge in [0.15, 0.2) is 11.5 Å². The molecule has 0 heterocycles. The molecule has 0 aliphatic rings. The maximum absolute atomic E-state index is 11.4. The standard InChI is InChI=1S/C21H16BrN3O6/c1-13-5-3-4-6-17(13)23-12-14-9-16(22)21(20(10-14)30-2)31-19-8-7-15(24(26)27)11-18(19)25(28)29/h3-12H,1-2H3. The molecule has 0 aromatic heterocycles. The summed E-state index contributed by atoms with van der Waals surface area (Å²) >= 11 is 3.39. The van der Waals surface area contributed by atoms with Gasteiger partial charge in [0.05, 0.1) is 33.2 Å². The number of aryl methyl sites for hydroxylation is 1. The molecule has 0 bridgehead atoms. The average Bonchev–Trinajstić information content (AvgIpc) is 2.74. The smallest absolute Gasteiger partial charge is 0.318 e. The Morgan fingerprint density at radius 2 is 1.74 bits per heavy atom. The van der Waals surface area contributed by atoms with Crippen LogP contribution in [-0.2, 0) is 0 Å². The van der Waals surface area contributed by atoms with E-state index in [0.29, 0.717) is 15.8 Å². The first kappa shape index (κ1) is 21.9. The summed E-state index contributed by atoms with van der Waals surface area (Å²) in [5.41, 5.74) is 1.60. The number of ether oxygens (including phenoxy) is 2. The van der Waals surface area contributed by atoms with E-state index < -0.39 is 21.2 Å². The van der Waals surface area contributed by atoms with E-state index in [4.69, 9.17) is 9.47 Å². The molecule has 0 radical (unpaired) electrons. The number of nitro benzene ring substituents is 2. The molecule has 0 fully saturated rings. The van der Waals surface area contributed by atoms with E-state index in [9.17, 15) is 20.2 Å². The lowest BCUT2D eigenvalue weighted by Gasteiger charge is -2.13. The fourth-order valence-electron chi connectivity index (χ4n) is 2.72. The minimum Gasteiger partial charge on any atom is -0.493 e. The van der Waals surface area contributed by atoms with Crippen molar-refractivity contribution in [3.8, 4) is 17.2 Å². The summed E-state index contributed by atoms with van der Waals surface area (Å²) in [6.45, 7) is 1.96. The largest absolute Gasteiger partial charge is 0.493 e. The predicted octanol–water partition coefficient (Wildman–Crippen LogP) is 6.13. The molecule has 0 aliphatic heterocycles. The van der Waals surface area contributed by atoms with Crippen molar-refractivity contribution in [3.63, 3.8) is 0 Å². The topological polar surface area (TPSA) is 117 Å². The van der Waals surface area contributed by atoms with Crippen LogP contribution in [0.2, 0.25) is 0 Å². The summed E-state index contributed by atoms with van der Waals surface area (Å²) in [5.74, 6) is 0.330. The number of hydrogen-bond acceptors (Lipinski definition) is 7. The second-order valence-electron chi connectivity index (χ2n) is 6.35. The molecular formula is C21H16BrN3O6.